The minimum atomic E-state index is 0.558. The summed E-state index contributed by atoms with van der Waals surface area (Å²) in [7, 11) is 3.35. The monoisotopic (exact) mass is 448 g/mol. The van der Waals surface area contributed by atoms with Crippen molar-refractivity contribution in [1.82, 2.24) is 25.0 Å². The molecule has 174 valence electrons. The van der Waals surface area contributed by atoms with Crippen molar-refractivity contribution in [3.63, 3.8) is 0 Å². The standard InChI is InChI=1S/C25H32N6O2/c1-6-26-25(30-10-9-20-12-22(32-4)23(33-5)13-21(20)16-30)28-15-19-7-8-24(27-14-19)31-18(3)11-17(2)29-31/h7-8,11-14H,6,9-10,15-16H2,1-5H3,(H,26,28). The molecule has 0 bridgehead atoms. The van der Waals surface area contributed by atoms with Crippen LogP contribution in [0.5, 0.6) is 11.5 Å². The van der Waals surface area contributed by atoms with E-state index in [2.05, 4.69) is 45.4 Å². The normalized spacial score (nSPS) is 13.6. The summed E-state index contributed by atoms with van der Waals surface area (Å²) >= 11 is 0. The van der Waals surface area contributed by atoms with Gasteiger partial charge < -0.3 is 19.7 Å². The highest BCUT2D eigenvalue weighted by molar-refractivity contribution is 5.80. The molecule has 0 radical (unpaired) electrons. The number of aliphatic imine (C=N–C) groups is 1. The maximum Gasteiger partial charge on any atom is 0.194 e. The van der Waals surface area contributed by atoms with Crippen molar-refractivity contribution in [1.29, 1.82) is 0 Å². The van der Waals surface area contributed by atoms with Crippen LogP contribution in [0.3, 0.4) is 0 Å². The van der Waals surface area contributed by atoms with Crippen molar-refractivity contribution in [3.8, 4) is 17.3 Å². The van der Waals surface area contributed by atoms with E-state index in [1.807, 2.05) is 36.9 Å². The van der Waals surface area contributed by atoms with Crippen molar-refractivity contribution in [2.75, 3.05) is 27.3 Å². The molecule has 2 aromatic heterocycles. The van der Waals surface area contributed by atoms with Crippen molar-refractivity contribution < 1.29 is 9.47 Å². The lowest BCUT2D eigenvalue weighted by Gasteiger charge is -2.32. The van der Waals surface area contributed by atoms with E-state index in [1.165, 1.54) is 11.1 Å². The fourth-order valence-corrected chi connectivity index (χ4v) is 4.15. The molecule has 0 saturated heterocycles. The maximum absolute atomic E-state index is 5.50. The number of ether oxygens (including phenoxy) is 2. The lowest BCUT2D eigenvalue weighted by Crippen LogP contribution is -2.44. The average molecular weight is 449 g/mol. The topological polar surface area (TPSA) is 76.8 Å². The van der Waals surface area contributed by atoms with Crippen LogP contribution < -0.4 is 14.8 Å². The van der Waals surface area contributed by atoms with Crippen LogP contribution in [0, 0.1) is 13.8 Å². The maximum atomic E-state index is 5.50. The minimum Gasteiger partial charge on any atom is -0.493 e. The molecule has 3 aromatic rings. The third-order valence-corrected chi connectivity index (χ3v) is 5.80. The van der Waals surface area contributed by atoms with Gasteiger partial charge in [0, 0.05) is 31.5 Å². The number of pyridine rings is 1. The van der Waals surface area contributed by atoms with Gasteiger partial charge in [0.15, 0.2) is 23.3 Å². The Kier molecular flexibility index (Phi) is 6.82. The molecule has 1 aromatic carbocycles. The van der Waals surface area contributed by atoms with E-state index in [0.29, 0.717) is 6.54 Å². The molecule has 1 N–H and O–H groups in total. The van der Waals surface area contributed by atoms with Crippen LogP contribution in [-0.4, -0.2) is 52.9 Å². The molecular weight excluding hydrogens is 416 g/mol. The Morgan fingerprint density at radius 2 is 1.85 bits per heavy atom. The molecule has 1 aliphatic heterocycles. The molecule has 8 heteroatoms. The van der Waals surface area contributed by atoms with Gasteiger partial charge in [-0.05, 0) is 68.1 Å². The van der Waals surface area contributed by atoms with Gasteiger partial charge in [0.05, 0.1) is 26.5 Å². The molecule has 0 spiro atoms. The van der Waals surface area contributed by atoms with E-state index in [0.717, 1.165) is 66.3 Å². The van der Waals surface area contributed by atoms with Crippen molar-refractivity contribution >= 4 is 5.96 Å². The van der Waals surface area contributed by atoms with Gasteiger partial charge in [0.1, 0.15) is 0 Å². The molecule has 3 heterocycles. The van der Waals surface area contributed by atoms with Crippen LogP contribution in [0.2, 0.25) is 0 Å². The number of nitrogens with one attached hydrogen (secondary N) is 1. The number of methoxy groups -OCH3 is 2. The van der Waals surface area contributed by atoms with Gasteiger partial charge in [-0.2, -0.15) is 5.10 Å². The zero-order valence-corrected chi connectivity index (χ0v) is 20.1. The first-order valence-corrected chi connectivity index (χ1v) is 11.3. The molecule has 1 aliphatic rings. The first-order valence-electron chi connectivity index (χ1n) is 11.3. The molecule has 4 rings (SSSR count). The van der Waals surface area contributed by atoms with Gasteiger partial charge in [-0.25, -0.2) is 14.7 Å². The first-order chi connectivity index (χ1) is 16.0. The lowest BCUT2D eigenvalue weighted by atomic mass is 9.99. The second-order valence-corrected chi connectivity index (χ2v) is 8.18. The molecule has 8 nitrogen and oxygen atoms in total. The molecule has 0 fully saturated rings. The largest absolute Gasteiger partial charge is 0.493 e. The number of hydrogen-bond donors (Lipinski definition) is 1. The number of aryl methyl sites for hydroxylation is 2. The summed E-state index contributed by atoms with van der Waals surface area (Å²) in [4.78, 5) is 11.8. The van der Waals surface area contributed by atoms with Gasteiger partial charge in [0.2, 0.25) is 0 Å². The molecule has 0 aliphatic carbocycles. The first kappa shape index (κ1) is 22.6. The highest BCUT2D eigenvalue weighted by Gasteiger charge is 2.21. The highest BCUT2D eigenvalue weighted by atomic mass is 16.5. The van der Waals surface area contributed by atoms with Crippen LogP contribution in [0.4, 0.5) is 0 Å². The van der Waals surface area contributed by atoms with Crippen LogP contribution in [0.1, 0.15) is 35.0 Å². The molecule has 0 amide bonds. The second-order valence-electron chi connectivity index (χ2n) is 8.18. The molecule has 0 atom stereocenters. The van der Waals surface area contributed by atoms with Gasteiger partial charge in [-0.15, -0.1) is 0 Å². The fraction of sp³-hybridized carbons (Fsp3) is 0.400. The van der Waals surface area contributed by atoms with E-state index < -0.39 is 0 Å². The lowest BCUT2D eigenvalue weighted by molar-refractivity contribution is 0.346. The zero-order chi connectivity index (χ0) is 23.4. The number of guanidine groups is 1. The number of hydrogen-bond acceptors (Lipinski definition) is 5. The number of benzene rings is 1. The van der Waals surface area contributed by atoms with E-state index in [-0.39, 0.29) is 0 Å². The predicted molar refractivity (Wildman–Crippen MR) is 129 cm³/mol. The third-order valence-electron chi connectivity index (χ3n) is 5.80. The van der Waals surface area contributed by atoms with Crippen LogP contribution in [0.15, 0.2) is 41.5 Å². The SMILES string of the molecule is CCNC(=NCc1ccc(-n2nc(C)cc2C)nc1)N1CCc2cc(OC)c(OC)cc2C1. The van der Waals surface area contributed by atoms with Crippen molar-refractivity contribution in [2.24, 2.45) is 4.99 Å². The van der Waals surface area contributed by atoms with Crippen LogP contribution in [-0.2, 0) is 19.5 Å². The second kappa shape index (κ2) is 9.94. The summed E-state index contributed by atoms with van der Waals surface area (Å²) in [6.07, 6.45) is 2.81. The van der Waals surface area contributed by atoms with Gasteiger partial charge in [-0.1, -0.05) is 6.07 Å². The molecule has 0 unspecified atom stereocenters. The van der Waals surface area contributed by atoms with Gasteiger partial charge in [0.25, 0.3) is 0 Å². The predicted octanol–water partition coefficient (Wildman–Crippen LogP) is 3.43. The fourth-order valence-electron chi connectivity index (χ4n) is 4.15. The summed E-state index contributed by atoms with van der Waals surface area (Å²) in [5.74, 6) is 3.26. The summed E-state index contributed by atoms with van der Waals surface area (Å²) in [6, 6.07) is 10.3. The van der Waals surface area contributed by atoms with Gasteiger partial charge in [-0.3, -0.25) is 0 Å². The minimum absolute atomic E-state index is 0.558. The van der Waals surface area contributed by atoms with E-state index in [9.17, 15) is 0 Å². The number of rotatable bonds is 6. The molecule has 33 heavy (non-hydrogen) atoms. The van der Waals surface area contributed by atoms with Crippen molar-refractivity contribution in [2.45, 2.75) is 40.3 Å². The Bertz CT molecular complexity index is 1140. The van der Waals surface area contributed by atoms with E-state index >= 15 is 0 Å². The average Bonchev–Trinajstić information content (AvgIpc) is 3.18. The molecular formula is C25H32N6O2. The van der Waals surface area contributed by atoms with Crippen molar-refractivity contribution in [3.05, 3.63) is 64.6 Å². The number of fused-ring (bicyclic) bond motifs is 1. The Morgan fingerprint density at radius 1 is 1.09 bits per heavy atom. The van der Waals surface area contributed by atoms with E-state index in [1.54, 1.807) is 14.2 Å². The Balaban J connectivity index is 1.49. The third kappa shape index (κ3) is 4.94. The van der Waals surface area contributed by atoms with Gasteiger partial charge >= 0.3 is 0 Å². The zero-order valence-electron chi connectivity index (χ0n) is 20.1. The van der Waals surface area contributed by atoms with Crippen LogP contribution >= 0.6 is 0 Å². The van der Waals surface area contributed by atoms with E-state index in [4.69, 9.17) is 14.5 Å². The molecule has 0 saturated carbocycles. The smallest absolute Gasteiger partial charge is 0.194 e. The Labute approximate surface area is 195 Å². The number of aromatic nitrogens is 3. The highest BCUT2D eigenvalue weighted by Crippen LogP contribution is 2.33. The summed E-state index contributed by atoms with van der Waals surface area (Å²) in [6.45, 7) is 9.14. The summed E-state index contributed by atoms with van der Waals surface area (Å²) < 4.78 is 12.8. The Hall–Kier alpha value is -3.55. The summed E-state index contributed by atoms with van der Waals surface area (Å²) in [5, 5.41) is 7.94. The summed E-state index contributed by atoms with van der Waals surface area (Å²) in [5.41, 5.74) is 5.64. The number of nitrogens with zero attached hydrogens (tertiary/aromatic N) is 5. The quantitative estimate of drug-likeness (QED) is 0.460. The Morgan fingerprint density at radius 3 is 2.45 bits per heavy atom. The van der Waals surface area contributed by atoms with Crippen LogP contribution in [0.25, 0.3) is 5.82 Å².